The Labute approximate surface area is 213 Å². The van der Waals surface area contributed by atoms with Crippen molar-refractivity contribution < 1.29 is 19.2 Å². The summed E-state index contributed by atoms with van der Waals surface area (Å²) >= 11 is 0. The zero-order valence-corrected chi connectivity index (χ0v) is 21.2. The molecule has 9 heteroatoms. The summed E-state index contributed by atoms with van der Waals surface area (Å²) in [4.78, 5) is 58.2. The van der Waals surface area contributed by atoms with Crippen LogP contribution in [0.1, 0.15) is 69.4 Å². The van der Waals surface area contributed by atoms with Gasteiger partial charge in [-0.3, -0.25) is 38.9 Å². The largest absolute Gasteiger partial charge is 0.356 e. The molecule has 196 valence electrons. The third-order valence-electron chi connectivity index (χ3n) is 7.70. The van der Waals surface area contributed by atoms with E-state index in [4.69, 9.17) is 0 Å². The SMILES string of the molecule is O=C(CN1CCC(C(=O)NCCCCCN2CCC[C@H]2c2cccnc2)CC1)CN1C(=O)CCC1=O. The van der Waals surface area contributed by atoms with E-state index >= 15 is 0 Å². The lowest BCUT2D eigenvalue weighted by Gasteiger charge is -2.31. The van der Waals surface area contributed by atoms with Gasteiger partial charge in [0.25, 0.3) is 0 Å². The summed E-state index contributed by atoms with van der Waals surface area (Å²) in [6.07, 6.45) is 11.3. The molecule has 1 aromatic heterocycles. The molecule has 36 heavy (non-hydrogen) atoms. The number of nitrogens with zero attached hydrogens (tertiary/aromatic N) is 4. The second-order valence-electron chi connectivity index (χ2n) is 10.3. The van der Waals surface area contributed by atoms with Gasteiger partial charge in [-0.15, -0.1) is 0 Å². The van der Waals surface area contributed by atoms with Gasteiger partial charge >= 0.3 is 0 Å². The minimum absolute atomic E-state index is 0.0112. The van der Waals surface area contributed by atoms with Gasteiger partial charge in [0.1, 0.15) is 0 Å². The van der Waals surface area contributed by atoms with Crippen LogP contribution in [0.3, 0.4) is 0 Å². The third kappa shape index (κ3) is 7.20. The van der Waals surface area contributed by atoms with Crippen molar-refractivity contribution in [2.45, 2.75) is 63.8 Å². The Hall–Kier alpha value is -2.65. The van der Waals surface area contributed by atoms with Crippen LogP contribution in [0.5, 0.6) is 0 Å². The fraction of sp³-hybridized carbons (Fsp3) is 0.667. The monoisotopic (exact) mass is 497 g/mol. The molecule has 1 N–H and O–H groups in total. The Bertz CT molecular complexity index is 900. The molecule has 4 heterocycles. The number of Topliss-reactive ketones (excluding diaryl/α,β-unsaturated/α-hetero) is 1. The van der Waals surface area contributed by atoms with Gasteiger partial charge in [0.15, 0.2) is 5.78 Å². The van der Waals surface area contributed by atoms with Gasteiger partial charge in [0.2, 0.25) is 17.7 Å². The first-order valence-corrected chi connectivity index (χ1v) is 13.5. The number of hydrogen-bond donors (Lipinski definition) is 1. The van der Waals surface area contributed by atoms with Gasteiger partial charge in [-0.2, -0.15) is 0 Å². The van der Waals surface area contributed by atoms with Crippen LogP contribution in [-0.2, 0) is 19.2 Å². The molecule has 0 spiro atoms. The fourth-order valence-corrected chi connectivity index (χ4v) is 5.65. The zero-order chi connectivity index (χ0) is 25.3. The van der Waals surface area contributed by atoms with Crippen molar-refractivity contribution in [3.8, 4) is 0 Å². The highest BCUT2D eigenvalue weighted by molar-refractivity contribution is 6.04. The average Bonchev–Trinajstić information content (AvgIpc) is 3.49. The van der Waals surface area contributed by atoms with Crippen LogP contribution in [0.2, 0.25) is 0 Å². The lowest BCUT2D eigenvalue weighted by molar-refractivity contribution is -0.142. The fourth-order valence-electron chi connectivity index (χ4n) is 5.65. The van der Waals surface area contributed by atoms with Crippen LogP contribution >= 0.6 is 0 Å². The van der Waals surface area contributed by atoms with Gasteiger partial charge in [-0.05, 0) is 76.3 Å². The molecule has 0 aromatic carbocycles. The molecule has 3 amide bonds. The van der Waals surface area contributed by atoms with E-state index < -0.39 is 0 Å². The predicted octanol–water partition coefficient (Wildman–Crippen LogP) is 1.94. The second kappa shape index (κ2) is 13.1. The van der Waals surface area contributed by atoms with E-state index in [2.05, 4.69) is 21.3 Å². The summed E-state index contributed by atoms with van der Waals surface area (Å²) in [7, 11) is 0. The van der Waals surface area contributed by atoms with Gasteiger partial charge in [-0.1, -0.05) is 12.5 Å². The van der Waals surface area contributed by atoms with Crippen molar-refractivity contribution in [3.05, 3.63) is 30.1 Å². The number of ketones is 1. The van der Waals surface area contributed by atoms with E-state index in [1.807, 2.05) is 23.4 Å². The Kier molecular flexibility index (Phi) is 9.58. The standard InChI is InChI=1S/C27H39N5O4/c33-23(20-32-25(34)8-9-26(32)35)19-30-16-10-21(11-17-30)27(36)29-13-2-1-3-14-31-15-5-7-24(31)22-6-4-12-28-18-22/h4,6,12,18,21,24H,1-3,5,7-11,13-17,19-20H2,(H,29,36)/t24-/m0/s1. The molecule has 3 aliphatic rings. The maximum Gasteiger partial charge on any atom is 0.230 e. The maximum atomic E-state index is 12.6. The molecule has 1 atom stereocenters. The summed E-state index contributed by atoms with van der Waals surface area (Å²) in [5.41, 5.74) is 1.31. The van der Waals surface area contributed by atoms with E-state index in [1.54, 1.807) is 0 Å². The Balaban J connectivity index is 1.05. The van der Waals surface area contributed by atoms with Crippen molar-refractivity contribution in [1.82, 2.24) is 25.0 Å². The number of rotatable bonds is 12. The molecular formula is C27H39N5O4. The minimum Gasteiger partial charge on any atom is -0.356 e. The van der Waals surface area contributed by atoms with Gasteiger partial charge in [-0.25, -0.2) is 0 Å². The average molecular weight is 498 g/mol. The van der Waals surface area contributed by atoms with Crippen LogP contribution < -0.4 is 5.32 Å². The smallest absolute Gasteiger partial charge is 0.230 e. The van der Waals surface area contributed by atoms with Crippen LogP contribution in [-0.4, -0.2) is 89.0 Å². The van der Waals surface area contributed by atoms with Crippen molar-refractivity contribution in [3.63, 3.8) is 0 Å². The first kappa shape index (κ1) is 26.4. The number of aromatic nitrogens is 1. The molecule has 3 saturated heterocycles. The maximum absolute atomic E-state index is 12.6. The highest BCUT2D eigenvalue weighted by atomic mass is 16.2. The summed E-state index contributed by atoms with van der Waals surface area (Å²) < 4.78 is 0. The summed E-state index contributed by atoms with van der Waals surface area (Å²) in [5, 5.41) is 3.10. The first-order chi connectivity index (χ1) is 17.5. The van der Waals surface area contributed by atoms with Crippen LogP contribution in [0, 0.1) is 5.92 Å². The molecular weight excluding hydrogens is 458 g/mol. The molecule has 3 aliphatic heterocycles. The van der Waals surface area contributed by atoms with E-state index in [0.29, 0.717) is 25.7 Å². The van der Waals surface area contributed by atoms with E-state index in [-0.39, 0.29) is 55.4 Å². The van der Waals surface area contributed by atoms with Gasteiger partial charge in [0, 0.05) is 43.7 Å². The number of carbonyl (C=O) groups excluding carboxylic acids is 4. The number of carbonyl (C=O) groups is 4. The van der Waals surface area contributed by atoms with Gasteiger partial charge < -0.3 is 5.32 Å². The molecule has 1 aromatic rings. The summed E-state index contributed by atoms with van der Waals surface area (Å²) in [5.74, 6) is -0.530. The number of piperidine rings is 1. The summed E-state index contributed by atoms with van der Waals surface area (Å²) in [6.45, 7) is 4.41. The number of pyridine rings is 1. The zero-order valence-electron chi connectivity index (χ0n) is 21.2. The molecule has 0 aliphatic carbocycles. The lowest BCUT2D eigenvalue weighted by atomic mass is 9.95. The molecule has 0 radical (unpaired) electrons. The number of imide groups is 1. The first-order valence-electron chi connectivity index (χ1n) is 13.5. The predicted molar refractivity (Wildman–Crippen MR) is 135 cm³/mol. The number of nitrogens with one attached hydrogen (secondary N) is 1. The Morgan fingerprint density at radius 2 is 1.75 bits per heavy atom. The van der Waals surface area contributed by atoms with Crippen molar-refractivity contribution in [2.24, 2.45) is 5.92 Å². The van der Waals surface area contributed by atoms with Crippen LogP contribution in [0.25, 0.3) is 0 Å². The number of hydrogen-bond acceptors (Lipinski definition) is 7. The Morgan fingerprint density at radius 3 is 2.47 bits per heavy atom. The third-order valence-corrected chi connectivity index (χ3v) is 7.70. The summed E-state index contributed by atoms with van der Waals surface area (Å²) in [6, 6.07) is 4.68. The topological polar surface area (TPSA) is 103 Å². The quantitative estimate of drug-likeness (QED) is 0.348. The number of amides is 3. The van der Waals surface area contributed by atoms with Crippen molar-refractivity contribution >= 4 is 23.5 Å². The second-order valence-corrected chi connectivity index (χ2v) is 10.3. The van der Waals surface area contributed by atoms with Crippen molar-refractivity contribution in [2.75, 3.05) is 45.8 Å². The van der Waals surface area contributed by atoms with Crippen LogP contribution in [0.4, 0.5) is 0 Å². The molecule has 0 saturated carbocycles. The highest BCUT2D eigenvalue weighted by Gasteiger charge is 2.32. The lowest BCUT2D eigenvalue weighted by Crippen LogP contribution is -2.44. The Morgan fingerprint density at radius 1 is 0.972 bits per heavy atom. The molecule has 0 bridgehead atoms. The van der Waals surface area contributed by atoms with Crippen LogP contribution in [0.15, 0.2) is 24.5 Å². The van der Waals surface area contributed by atoms with E-state index in [1.165, 1.54) is 18.4 Å². The molecule has 0 unspecified atom stereocenters. The van der Waals surface area contributed by atoms with Gasteiger partial charge in [0.05, 0.1) is 13.1 Å². The van der Waals surface area contributed by atoms with Crippen molar-refractivity contribution in [1.29, 1.82) is 0 Å². The number of unbranched alkanes of at least 4 members (excludes halogenated alkanes) is 2. The highest BCUT2D eigenvalue weighted by Crippen LogP contribution is 2.31. The molecule has 9 nitrogen and oxygen atoms in total. The molecule has 4 rings (SSSR count). The molecule has 3 fully saturated rings. The normalized spacial score (nSPS) is 21.9. The number of likely N-dealkylation sites (tertiary alicyclic amines) is 3. The van der Waals surface area contributed by atoms with E-state index in [0.717, 1.165) is 50.1 Å². The van der Waals surface area contributed by atoms with E-state index in [9.17, 15) is 19.2 Å². The minimum atomic E-state index is -0.256.